The van der Waals surface area contributed by atoms with E-state index in [9.17, 15) is 5.26 Å². The summed E-state index contributed by atoms with van der Waals surface area (Å²) in [6, 6.07) is 7.68. The van der Waals surface area contributed by atoms with Gasteiger partial charge < -0.3 is 4.90 Å². The molecule has 1 aromatic carbocycles. The highest BCUT2D eigenvalue weighted by Crippen LogP contribution is 2.30. The van der Waals surface area contributed by atoms with Gasteiger partial charge in [0.15, 0.2) is 0 Å². The number of nitriles is 1. The van der Waals surface area contributed by atoms with Crippen molar-refractivity contribution in [1.29, 1.82) is 5.26 Å². The van der Waals surface area contributed by atoms with Gasteiger partial charge in [0.1, 0.15) is 6.07 Å². The maximum atomic E-state index is 9.26. The van der Waals surface area contributed by atoms with Gasteiger partial charge in [0.05, 0.1) is 16.8 Å². The molecule has 3 nitrogen and oxygen atoms in total. The molecule has 0 atom stereocenters. The second-order valence-corrected chi connectivity index (χ2v) is 5.04. The maximum Gasteiger partial charge on any atom is 0.103 e. The second-order valence-electron chi connectivity index (χ2n) is 4.61. The molecule has 0 radical (unpaired) electrons. The van der Waals surface area contributed by atoms with Crippen LogP contribution in [0.1, 0.15) is 12.5 Å². The summed E-state index contributed by atoms with van der Waals surface area (Å²) in [6.07, 6.45) is 1.60. The zero-order valence-electron chi connectivity index (χ0n) is 10.9. The van der Waals surface area contributed by atoms with Crippen molar-refractivity contribution in [2.75, 3.05) is 18.5 Å². The van der Waals surface area contributed by atoms with E-state index < -0.39 is 0 Å². The molecular formula is C15H14ClN3. The highest BCUT2D eigenvalue weighted by atomic mass is 35.5. The summed E-state index contributed by atoms with van der Waals surface area (Å²) >= 11 is 6.05. The fourth-order valence-corrected chi connectivity index (χ4v) is 2.30. The van der Waals surface area contributed by atoms with Gasteiger partial charge in [-0.1, -0.05) is 23.8 Å². The minimum atomic E-state index is 0.540. The molecular weight excluding hydrogens is 258 g/mol. The third kappa shape index (κ3) is 2.69. The number of likely N-dealkylation sites (N-methyl/N-ethyl adjacent to an activating group) is 1. The number of anilines is 1. The summed E-state index contributed by atoms with van der Waals surface area (Å²) in [6.45, 7) is 6.55. The fourth-order valence-electron chi connectivity index (χ4n) is 2.13. The number of rotatable bonds is 3. The van der Waals surface area contributed by atoms with Crippen molar-refractivity contribution >= 4 is 28.2 Å². The molecule has 2 rings (SSSR count). The lowest BCUT2D eigenvalue weighted by molar-refractivity contribution is 0.987. The molecule has 1 heterocycles. The number of hydrogen-bond acceptors (Lipinski definition) is 3. The summed E-state index contributed by atoms with van der Waals surface area (Å²) in [7, 11) is 1.94. The van der Waals surface area contributed by atoms with E-state index >= 15 is 0 Å². The minimum absolute atomic E-state index is 0.540. The SMILES string of the molecule is C=C(C)CN(C)c1c(C#N)cnc2ccc(Cl)cc12. The minimum Gasteiger partial charge on any atom is -0.369 e. The predicted molar refractivity (Wildman–Crippen MR) is 79.6 cm³/mol. The first-order valence-electron chi connectivity index (χ1n) is 5.87. The van der Waals surface area contributed by atoms with E-state index in [0.29, 0.717) is 17.1 Å². The Kier molecular flexibility index (Phi) is 3.73. The van der Waals surface area contributed by atoms with Gasteiger partial charge in [-0.15, -0.1) is 0 Å². The van der Waals surface area contributed by atoms with Crippen LogP contribution >= 0.6 is 11.6 Å². The van der Waals surface area contributed by atoms with Crippen LogP contribution in [0.4, 0.5) is 5.69 Å². The van der Waals surface area contributed by atoms with Gasteiger partial charge >= 0.3 is 0 Å². The summed E-state index contributed by atoms with van der Waals surface area (Å²) < 4.78 is 0. The van der Waals surface area contributed by atoms with Gasteiger partial charge in [0.2, 0.25) is 0 Å². The molecule has 19 heavy (non-hydrogen) atoms. The molecule has 0 aliphatic rings. The van der Waals surface area contributed by atoms with Crippen LogP contribution < -0.4 is 4.90 Å². The van der Waals surface area contributed by atoms with Crippen molar-refractivity contribution in [3.63, 3.8) is 0 Å². The maximum absolute atomic E-state index is 9.26. The molecule has 0 aliphatic heterocycles. The topological polar surface area (TPSA) is 39.9 Å². The molecule has 4 heteroatoms. The van der Waals surface area contributed by atoms with Crippen molar-refractivity contribution in [3.05, 3.63) is 47.1 Å². The molecule has 0 aliphatic carbocycles. The lowest BCUT2D eigenvalue weighted by atomic mass is 10.1. The van der Waals surface area contributed by atoms with E-state index in [1.807, 2.05) is 31.0 Å². The standard InChI is InChI=1S/C15H14ClN3/c1-10(2)9-19(3)15-11(7-17)8-18-14-5-4-12(16)6-13(14)15/h4-6,8H,1,9H2,2-3H3. The Bertz CT molecular complexity index is 686. The lowest BCUT2D eigenvalue weighted by Gasteiger charge is -2.22. The van der Waals surface area contributed by atoms with Crippen molar-refractivity contribution in [3.8, 4) is 6.07 Å². The van der Waals surface area contributed by atoms with Crippen molar-refractivity contribution in [2.24, 2.45) is 0 Å². The zero-order chi connectivity index (χ0) is 14.0. The average Bonchev–Trinajstić information content (AvgIpc) is 2.36. The van der Waals surface area contributed by atoms with Crippen molar-refractivity contribution in [2.45, 2.75) is 6.92 Å². The van der Waals surface area contributed by atoms with Gasteiger partial charge in [0.25, 0.3) is 0 Å². The lowest BCUT2D eigenvalue weighted by Crippen LogP contribution is -2.20. The van der Waals surface area contributed by atoms with Gasteiger partial charge in [-0.2, -0.15) is 5.26 Å². The third-order valence-corrected chi connectivity index (χ3v) is 3.05. The normalized spacial score (nSPS) is 10.2. The molecule has 0 amide bonds. The highest BCUT2D eigenvalue weighted by Gasteiger charge is 2.13. The Balaban J connectivity index is 2.70. The zero-order valence-corrected chi connectivity index (χ0v) is 11.7. The molecule has 0 saturated heterocycles. The van der Waals surface area contributed by atoms with Gasteiger partial charge in [-0.3, -0.25) is 4.98 Å². The quantitative estimate of drug-likeness (QED) is 0.798. The van der Waals surface area contributed by atoms with E-state index in [-0.39, 0.29) is 0 Å². The van der Waals surface area contributed by atoms with Crippen LogP contribution in [0, 0.1) is 11.3 Å². The summed E-state index contributed by atoms with van der Waals surface area (Å²) in [5.74, 6) is 0. The van der Waals surface area contributed by atoms with Gasteiger partial charge in [-0.25, -0.2) is 0 Å². The summed E-state index contributed by atoms with van der Waals surface area (Å²) in [5.41, 5.74) is 3.24. The number of benzene rings is 1. The predicted octanol–water partition coefficient (Wildman–Crippen LogP) is 3.77. The number of hydrogen-bond donors (Lipinski definition) is 0. The number of pyridine rings is 1. The number of halogens is 1. The van der Waals surface area contributed by atoms with Crippen molar-refractivity contribution in [1.82, 2.24) is 4.98 Å². The van der Waals surface area contributed by atoms with Crippen LogP contribution in [-0.4, -0.2) is 18.6 Å². The van der Waals surface area contributed by atoms with E-state index in [1.54, 1.807) is 12.3 Å². The van der Waals surface area contributed by atoms with Crippen LogP contribution in [0.25, 0.3) is 10.9 Å². The van der Waals surface area contributed by atoms with Gasteiger partial charge in [0, 0.05) is 30.2 Å². The van der Waals surface area contributed by atoms with Crippen LogP contribution in [0.3, 0.4) is 0 Å². The first kappa shape index (κ1) is 13.4. The molecule has 0 unspecified atom stereocenters. The van der Waals surface area contributed by atoms with Crippen molar-refractivity contribution < 1.29 is 0 Å². The second kappa shape index (κ2) is 5.29. The molecule has 2 aromatic rings. The molecule has 0 N–H and O–H groups in total. The molecule has 1 aromatic heterocycles. The third-order valence-electron chi connectivity index (χ3n) is 2.81. The summed E-state index contributed by atoms with van der Waals surface area (Å²) in [4.78, 5) is 6.29. The average molecular weight is 272 g/mol. The first-order valence-corrected chi connectivity index (χ1v) is 6.24. The Morgan fingerprint density at radius 1 is 1.53 bits per heavy atom. The Labute approximate surface area is 117 Å². The van der Waals surface area contributed by atoms with E-state index in [0.717, 1.165) is 22.2 Å². The van der Waals surface area contributed by atoms with Crippen LogP contribution in [0.2, 0.25) is 5.02 Å². The van der Waals surface area contributed by atoms with Gasteiger partial charge in [-0.05, 0) is 25.1 Å². The molecule has 0 spiro atoms. The number of nitrogens with zero attached hydrogens (tertiary/aromatic N) is 3. The Morgan fingerprint density at radius 3 is 2.89 bits per heavy atom. The number of aromatic nitrogens is 1. The smallest absolute Gasteiger partial charge is 0.103 e. The van der Waals surface area contributed by atoms with Crippen LogP contribution in [0.15, 0.2) is 36.5 Å². The Hall–Kier alpha value is -2.05. The fraction of sp³-hybridized carbons (Fsp3) is 0.200. The monoisotopic (exact) mass is 271 g/mol. The Morgan fingerprint density at radius 2 is 2.26 bits per heavy atom. The molecule has 0 fully saturated rings. The molecule has 96 valence electrons. The molecule has 0 saturated carbocycles. The molecule has 0 bridgehead atoms. The summed E-state index contributed by atoms with van der Waals surface area (Å²) in [5, 5.41) is 10.8. The van der Waals surface area contributed by atoms with Crippen LogP contribution in [-0.2, 0) is 0 Å². The van der Waals surface area contributed by atoms with E-state index in [2.05, 4.69) is 17.6 Å². The first-order chi connectivity index (χ1) is 9.02. The van der Waals surface area contributed by atoms with E-state index in [1.165, 1.54) is 0 Å². The number of fused-ring (bicyclic) bond motifs is 1. The van der Waals surface area contributed by atoms with Crippen LogP contribution in [0.5, 0.6) is 0 Å². The highest BCUT2D eigenvalue weighted by molar-refractivity contribution is 6.31. The van der Waals surface area contributed by atoms with E-state index in [4.69, 9.17) is 11.6 Å². The largest absolute Gasteiger partial charge is 0.369 e.